The zero-order valence-electron chi connectivity index (χ0n) is 21.5. The zero-order chi connectivity index (χ0) is 27.2. The molecule has 1 fully saturated rings. The van der Waals surface area contributed by atoms with Crippen molar-refractivity contribution in [1.29, 1.82) is 0 Å². The molecule has 9 heteroatoms. The Morgan fingerprint density at radius 3 is 2.39 bits per heavy atom. The van der Waals surface area contributed by atoms with Crippen LogP contribution in [-0.4, -0.2) is 42.7 Å². The summed E-state index contributed by atoms with van der Waals surface area (Å²) in [6.07, 6.45) is 1.81. The monoisotopic (exact) mass is 594 g/mol. The molecule has 0 aliphatic carbocycles. The number of halogens is 1. The van der Waals surface area contributed by atoms with Crippen molar-refractivity contribution < 1.29 is 23.8 Å². The van der Waals surface area contributed by atoms with E-state index in [0.717, 1.165) is 15.6 Å². The van der Waals surface area contributed by atoms with Crippen molar-refractivity contribution in [1.82, 2.24) is 4.90 Å². The number of nitrogens with zero attached hydrogens (tertiary/aromatic N) is 2. The van der Waals surface area contributed by atoms with Crippen LogP contribution in [0.4, 0.5) is 5.69 Å². The molecule has 4 rings (SSSR count). The van der Waals surface area contributed by atoms with Gasteiger partial charge in [-0.2, -0.15) is 0 Å². The van der Waals surface area contributed by atoms with Gasteiger partial charge in [0.25, 0.3) is 5.91 Å². The summed E-state index contributed by atoms with van der Waals surface area (Å²) < 4.78 is 17.4. The molecule has 1 heterocycles. The Labute approximate surface area is 234 Å². The summed E-state index contributed by atoms with van der Waals surface area (Å²) in [5.41, 5.74) is 4.09. The molecule has 1 aliphatic rings. The molecule has 0 N–H and O–H groups in total. The fourth-order valence-corrected chi connectivity index (χ4v) is 5.00. The Kier molecular flexibility index (Phi) is 8.91. The van der Waals surface area contributed by atoms with Gasteiger partial charge in [0.1, 0.15) is 6.61 Å². The van der Waals surface area contributed by atoms with Crippen molar-refractivity contribution in [2.24, 2.45) is 4.99 Å². The van der Waals surface area contributed by atoms with Crippen molar-refractivity contribution in [3.63, 3.8) is 0 Å². The maximum Gasteiger partial charge on any atom is 0.337 e. The van der Waals surface area contributed by atoms with Crippen molar-refractivity contribution in [2.75, 3.05) is 20.8 Å². The molecule has 0 saturated carbocycles. The van der Waals surface area contributed by atoms with Crippen LogP contribution in [0.2, 0.25) is 0 Å². The second-order valence-electron chi connectivity index (χ2n) is 8.44. The lowest BCUT2D eigenvalue weighted by Gasteiger charge is -2.14. The van der Waals surface area contributed by atoms with Gasteiger partial charge in [0, 0.05) is 11.5 Å². The van der Waals surface area contributed by atoms with E-state index in [2.05, 4.69) is 33.1 Å². The second kappa shape index (κ2) is 12.3. The average Bonchev–Trinajstić information content (AvgIpc) is 3.18. The third-order valence-corrected chi connectivity index (χ3v) is 7.43. The molecular weight excluding hydrogens is 568 g/mol. The number of carbonyl (C=O) groups excluding carboxylic acids is 2. The first-order chi connectivity index (χ1) is 18.3. The highest BCUT2D eigenvalue weighted by atomic mass is 79.9. The van der Waals surface area contributed by atoms with Crippen LogP contribution in [-0.2, 0) is 16.1 Å². The van der Waals surface area contributed by atoms with Gasteiger partial charge in [0.15, 0.2) is 16.7 Å². The van der Waals surface area contributed by atoms with Crippen molar-refractivity contribution in [2.45, 2.75) is 20.5 Å². The fourth-order valence-electron chi connectivity index (χ4n) is 3.58. The van der Waals surface area contributed by atoms with Gasteiger partial charge in [-0.15, -0.1) is 0 Å². The van der Waals surface area contributed by atoms with Gasteiger partial charge in [-0.25, -0.2) is 9.79 Å². The Morgan fingerprint density at radius 1 is 1.05 bits per heavy atom. The number of aryl methyl sites for hydroxylation is 1. The van der Waals surface area contributed by atoms with Gasteiger partial charge >= 0.3 is 5.97 Å². The number of amidine groups is 1. The van der Waals surface area contributed by atoms with Gasteiger partial charge in [-0.05, 0) is 79.2 Å². The molecule has 0 radical (unpaired) electrons. The lowest BCUT2D eigenvalue weighted by Crippen LogP contribution is -2.23. The average molecular weight is 596 g/mol. The van der Waals surface area contributed by atoms with Crippen molar-refractivity contribution in [3.8, 4) is 11.5 Å². The zero-order valence-corrected chi connectivity index (χ0v) is 23.9. The number of hydrogen-bond donors (Lipinski definition) is 0. The molecule has 196 valence electrons. The van der Waals surface area contributed by atoms with E-state index in [1.807, 2.05) is 44.2 Å². The Bertz CT molecular complexity index is 1400. The molecule has 0 aromatic heterocycles. The number of methoxy groups -OCH3 is 1. The topological polar surface area (TPSA) is 77.4 Å². The summed E-state index contributed by atoms with van der Waals surface area (Å²) in [5.74, 6) is 0.629. The van der Waals surface area contributed by atoms with Crippen LogP contribution >= 0.6 is 27.7 Å². The molecular formula is C29H27BrN2O5S. The first-order valence-corrected chi connectivity index (χ1v) is 13.5. The molecule has 38 heavy (non-hydrogen) atoms. The third kappa shape index (κ3) is 6.46. The summed E-state index contributed by atoms with van der Waals surface area (Å²) >= 11 is 4.90. The standard InChI is InChI=1S/C29H27BrN2O5S/c1-5-36-24-14-21(23(30)16-25(24)37-17-19-8-6-18(2)7-9-19)15-26-27(33)32(3)29(38-26)31-22-12-10-20(11-13-22)28(34)35-4/h6-16H,5,17H2,1-4H3/b26-15-,31-29?. The molecule has 3 aromatic rings. The molecule has 1 amide bonds. The van der Waals surface area contributed by atoms with E-state index in [9.17, 15) is 9.59 Å². The fraction of sp³-hybridized carbons (Fsp3) is 0.207. The normalized spacial score (nSPS) is 15.3. The van der Waals surface area contributed by atoms with Crippen LogP contribution in [0.1, 0.15) is 34.0 Å². The van der Waals surface area contributed by atoms with Gasteiger partial charge in [-0.1, -0.05) is 45.8 Å². The van der Waals surface area contributed by atoms with E-state index in [0.29, 0.717) is 46.0 Å². The number of carbonyl (C=O) groups is 2. The minimum atomic E-state index is -0.416. The molecule has 3 aromatic carbocycles. The highest BCUT2D eigenvalue weighted by Crippen LogP contribution is 2.38. The van der Waals surface area contributed by atoms with Gasteiger partial charge in [0.05, 0.1) is 29.9 Å². The number of likely N-dealkylation sites (N-methyl/N-ethyl adjacent to an activating group) is 1. The number of amides is 1. The van der Waals surface area contributed by atoms with E-state index in [4.69, 9.17) is 14.2 Å². The first-order valence-electron chi connectivity index (χ1n) is 11.9. The summed E-state index contributed by atoms with van der Waals surface area (Å²) in [4.78, 5) is 31.3. The minimum absolute atomic E-state index is 0.163. The largest absolute Gasteiger partial charge is 0.490 e. The molecule has 0 bridgehead atoms. The molecule has 1 aliphatic heterocycles. The molecule has 0 unspecified atom stereocenters. The Hall–Kier alpha value is -3.56. The first kappa shape index (κ1) is 27.5. The van der Waals surface area contributed by atoms with E-state index < -0.39 is 5.97 Å². The maximum absolute atomic E-state index is 13.0. The molecule has 1 saturated heterocycles. The summed E-state index contributed by atoms with van der Waals surface area (Å²) in [6.45, 7) is 4.84. The minimum Gasteiger partial charge on any atom is -0.490 e. The Morgan fingerprint density at radius 2 is 1.74 bits per heavy atom. The van der Waals surface area contributed by atoms with Gasteiger partial charge in [0.2, 0.25) is 0 Å². The van der Waals surface area contributed by atoms with E-state index >= 15 is 0 Å². The second-order valence-corrected chi connectivity index (χ2v) is 10.3. The number of hydrogen-bond acceptors (Lipinski definition) is 7. The van der Waals surface area contributed by atoms with Crippen LogP contribution in [0.5, 0.6) is 11.5 Å². The predicted molar refractivity (Wildman–Crippen MR) is 154 cm³/mol. The summed E-state index contributed by atoms with van der Waals surface area (Å²) in [7, 11) is 3.02. The quantitative estimate of drug-likeness (QED) is 0.212. The number of rotatable bonds is 8. The SMILES string of the molecule is CCOc1cc(/C=C2\SC(=Nc3ccc(C(=O)OC)cc3)N(C)C2=O)c(Br)cc1OCc1ccc(C)cc1. The lowest BCUT2D eigenvalue weighted by atomic mass is 10.1. The van der Waals surface area contributed by atoms with Crippen LogP contribution in [0.25, 0.3) is 6.08 Å². The summed E-state index contributed by atoms with van der Waals surface area (Å²) in [5, 5.41) is 0.534. The maximum atomic E-state index is 13.0. The van der Waals surface area contributed by atoms with Crippen molar-refractivity contribution in [3.05, 3.63) is 92.3 Å². The summed E-state index contributed by atoms with van der Waals surface area (Å²) in [6, 6.07) is 18.6. The van der Waals surface area contributed by atoms with Gasteiger partial charge < -0.3 is 14.2 Å². The molecule has 7 nitrogen and oxygen atoms in total. The van der Waals surface area contributed by atoms with Gasteiger partial charge in [-0.3, -0.25) is 9.69 Å². The highest BCUT2D eigenvalue weighted by Gasteiger charge is 2.30. The van der Waals surface area contributed by atoms with Crippen LogP contribution in [0.15, 0.2) is 75.0 Å². The van der Waals surface area contributed by atoms with Crippen LogP contribution in [0, 0.1) is 6.92 Å². The lowest BCUT2D eigenvalue weighted by molar-refractivity contribution is -0.121. The van der Waals surface area contributed by atoms with Crippen LogP contribution in [0.3, 0.4) is 0 Å². The molecule has 0 spiro atoms. The number of ether oxygens (including phenoxy) is 3. The van der Waals surface area contributed by atoms with E-state index in [-0.39, 0.29) is 5.91 Å². The van der Waals surface area contributed by atoms with Crippen LogP contribution < -0.4 is 9.47 Å². The van der Waals surface area contributed by atoms with E-state index in [1.165, 1.54) is 29.3 Å². The molecule has 0 atom stereocenters. The number of aliphatic imine (C=N–C) groups is 1. The smallest absolute Gasteiger partial charge is 0.337 e. The number of esters is 1. The Balaban J connectivity index is 1.56. The number of benzene rings is 3. The number of thioether (sulfide) groups is 1. The third-order valence-electron chi connectivity index (χ3n) is 5.68. The predicted octanol–water partition coefficient (Wildman–Crippen LogP) is 6.76. The highest BCUT2D eigenvalue weighted by molar-refractivity contribution is 9.10. The van der Waals surface area contributed by atoms with E-state index in [1.54, 1.807) is 31.3 Å². The van der Waals surface area contributed by atoms with Crippen molar-refractivity contribution >= 4 is 56.5 Å².